The van der Waals surface area contributed by atoms with Gasteiger partial charge in [-0.3, -0.25) is 0 Å². The summed E-state index contributed by atoms with van der Waals surface area (Å²) >= 11 is 1.73. The Balaban J connectivity index is 1.82. The number of allylic oxidation sites excluding steroid dienone is 4. The maximum Gasteiger partial charge on any atom is 0.127 e. The lowest BCUT2D eigenvalue weighted by Crippen LogP contribution is -1.95. The molecule has 0 amide bonds. The van der Waals surface area contributed by atoms with Crippen LogP contribution in [-0.4, -0.2) is 6.26 Å². The summed E-state index contributed by atoms with van der Waals surface area (Å²) in [5.41, 5.74) is 2.41. The van der Waals surface area contributed by atoms with Gasteiger partial charge < -0.3 is 9.47 Å². The Hall–Kier alpha value is -1.61. The van der Waals surface area contributed by atoms with Crippen molar-refractivity contribution in [1.82, 2.24) is 0 Å². The number of rotatable bonds is 3. The molecule has 1 aliphatic heterocycles. The molecule has 1 aromatic rings. The Bertz CT molecular complexity index is 538. The molecular formula is C15H14O2S. The molecule has 0 radical (unpaired) electrons. The maximum absolute atomic E-state index is 5.97. The summed E-state index contributed by atoms with van der Waals surface area (Å²) in [6.07, 6.45) is 9.50. The number of ether oxygens (including phenoxy) is 2. The Morgan fingerprint density at radius 1 is 1.17 bits per heavy atom. The highest BCUT2D eigenvalue weighted by Crippen LogP contribution is 2.35. The third kappa shape index (κ3) is 2.18. The van der Waals surface area contributed by atoms with Gasteiger partial charge in [-0.2, -0.15) is 0 Å². The summed E-state index contributed by atoms with van der Waals surface area (Å²) in [6, 6.07) is 8.20. The lowest BCUT2D eigenvalue weighted by atomic mass is 10.1. The lowest BCUT2D eigenvalue weighted by molar-refractivity contribution is 0.391. The topological polar surface area (TPSA) is 18.5 Å². The Morgan fingerprint density at radius 3 is 2.78 bits per heavy atom. The van der Waals surface area contributed by atoms with Crippen molar-refractivity contribution in [3.8, 4) is 5.75 Å². The van der Waals surface area contributed by atoms with E-state index in [2.05, 4.69) is 18.4 Å². The van der Waals surface area contributed by atoms with Gasteiger partial charge >= 0.3 is 0 Å². The van der Waals surface area contributed by atoms with Gasteiger partial charge in [0.2, 0.25) is 0 Å². The summed E-state index contributed by atoms with van der Waals surface area (Å²) < 4.78 is 11.1. The van der Waals surface area contributed by atoms with Crippen LogP contribution >= 0.6 is 11.8 Å². The molecule has 0 saturated carbocycles. The first kappa shape index (κ1) is 11.5. The van der Waals surface area contributed by atoms with Gasteiger partial charge in [0.05, 0.1) is 12.5 Å². The van der Waals surface area contributed by atoms with Crippen molar-refractivity contribution in [3.05, 3.63) is 59.8 Å². The number of thioether (sulfide) groups is 1. The molecule has 0 saturated heterocycles. The summed E-state index contributed by atoms with van der Waals surface area (Å²) in [5.74, 6) is 1.94. The van der Waals surface area contributed by atoms with Crippen LogP contribution in [0.15, 0.2) is 64.7 Å². The van der Waals surface area contributed by atoms with Crippen molar-refractivity contribution in [2.45, 2.75) is 17.7 Å². The minimum Gasteiger partial charge on any atom is -0.472 e. The normalized spacial score (nSPS) is 17.3. The highest BCUT2D eigenvalue weighted by Gasteiger charge is 2.21. The molecule has 92 valence electrons. The van der Waals surface area contributed by atoms with Gasteiger partial charge in [0, 0.05) is 16.9 Å². The minimum atomic E-state index is 0.899. The molecule has 3 heteroatoms. The highest BCUT2D eigenvalue weighted by atomic mass is 32.2. The monoisotopic (exact) mass is 258 g/mol. The molecule has 0 unspecified atom stereocenters. The van der Waals surface area contributed by atoms with Crippen LogP contribution in [-0.2, 0) is 4.74 Å². The van der Waals surface area contributed by atoms with E-state index in [-0.39, 0.29) is 0 Å². The van der Waals surface area contributed by atoms with Crippen LogP contribution in [0.4, 0.5) is 0 Å². The molecule has 3 rings (SSSR count). The molecule has 0 atom stereocenters. The van der Waals surface area contributed by atoms with E-state index in [1.807, 2.05) is 24.5 Å². The summed E-state index contributed by atoms with van der Waals surface area (Å²) in [4.78, 5) is 1.25. The first-order chi connectivity index (χ1) is 8.86. The third-order valence-corrected chi connectivity index (χ3v) is 3.84. The number of hydrogen-bond donors (Lipinski definition) is 0. The SMILES string of the molecule is CSc1ccc(OC2=C3C=COC=C3CC2)cc1. The minimum absolute atomic E-state index is 0.899. The highest BCUT2D eigenvalue weighted by molar-refractivity contribution is 7.98. The molecule has 18 heavy (non-hydrogen) atoms. The van der Waals surface area contributed by atoms with Crippen molar-refractivity contribution < 1.29 is 9.47 Å². The molecule has 0 fully saturated rings. The van der Waals surface area contributed by atoms with Gasteiger partial charge in [-0.15, -0.1) is 11.8 Å². The Kier molecular flexibility index (Phi) is 3.15. The van der Waals surface area contributed by atoms with Crippen LogP contribution in [0.5, 0.6) is 5.75 Å². The summed E-state index contributed by atoms with van der Waals surface area (Å²) in [6.45, 7) is 0. The first-order valence-corrected chi connectivity index (χ1v) is 7.16. The van der Waals surface area contributed by atoms with E-state index in [0.717, 1.165) is 24.4 Å². The van der Waals surface area contributed by atoms with Crippen molar-refractivity contribution in [2.75, 3.05) is 6.26 Å². The van der Waals surface area contributed by atoms with E-state index in [1.54, 1.807) is 18.0 Å². The average molecular weight is 258 g/mol. The van der Waals surface area contributed by atoms with Crippen LogP contribution in [0, 0.1) is 0 Å². The van der Waals surface area contributed by atoms with E-state index >= 15 is 0 Å². The van der Waals surface area contributed by atoms with E-state index < -0.39 is 0 Å². The fourth-order valence-electron chi connectivity index (χ4n) is 2.14. The fourth-order valence-corrected chi connectivity index (χ4v) is 2.55. The third-order valence-electron chi connectivity index (χ3n) is 3.09. The largest absolute Gasteiger partial charge is 0.472 e. The second kappa shape index (κ2) is 4.94. The van der Waals surface area contributed by atoms with Gasteiger partial charge in [-0.05, 0) is 48.6 Å². The van der Waals surface area contributed by atoms with E-state index in [4.69, 9.17) is 9.47 Å². The van der Waals surface area contributed by atoms with E-state index in [9.17, 15) is 0 Å². The molecule has 1 heterocycles. The van der Waals surface area contributed by atoms with Gasteiger partial charge in [0.25, 0.3) is 0 Å². The molecule has 2 aliphatic rings. The zero-order chi connectivity index (χ0) is 12.4. The second-order valence-electron chi connectivity index (χ2n) is 4.20. The second-order valence-corrected chi connectivity index (χ2v) is 5.08. The van der Waals surface area contributed by atoms with Gasteiger partial charge in [0.15, 0.2) is 0 Å². The summed E-state index contributed by atoms with van der Waals surface area (Å²) in [5, 5.41) is 0. The first-order valence-electron chi connectivity index (χ1n) is 5.93. The molecule has 1 aliphatic carbocycles. The Labute approximate surface area is 111 Å². The molecule has 2 nitrogen and oxygen atoms in total. The van der Waals surface area contributed by atoms with Crippen LogP contribution in [0.2, 0.25) is 0 Å². The number of hydrogen-bond acceptors (Lipinski definition) is 3. The van der Waals surface area contributed by atoms with Crippen LogP contribution in [0.25, 0.3) is 0 Å². The molecule has 0 spiro atoms. The quantitative estimate of drug-likeness (QED) is 0.755. The Morgan fingerprint density at radius 2 is 2.00 bits per heavy atom. The number of benzene rings is 1. The van der Waals surface area contributed by atoms with Gasteiger partial charge in [-0.1, -0.05) is 0 Å². The van der Waals surface area contributed by atoms with Gasteiger partial charge in [-0.25, -0.2) is 0 Å². The predicted octanol–water partition coefficient (Wildman–Crippen LogP) is 4.26. The van der Waals surface area contributed by atoms with Crippen LogP contribution < -0.4 is 4.74 Å². The fraction of sp³-hybridized carbons (Fsp3) is 0.200. The molecule has 0 bridgehead atoms. The van der Waals surface area contributed by atoms with Gasteiger partial charge in [0.1, 0.15) is 11.5 Å². The molecule has 1 aromatic carbocycles. The zero-order valence-electron chi connectivity index (χ0n) is 10.2. The van der Waals surface area contributed by atoms with Crippen molar-refractivity contribution in [1.29, 1.82) is 0 Å². The molecule has 0 N–H and O–H groups in total. The van der Waals surface area contributed by atoms with Crippen molar-refractivity contribution >= 4 is 11.8 Å². The van der Waals surface area contributed by atoms with Crippen molar-refractivity contribution in [3.63, 3.8) is 0 Å². The molecule has 0 aromatic heterocycles. The lowest BCUT2D eigenvalue weighted by Gasteiger charge is -2.10. The summed E-state index contributed by atoms with van der Waals surface area (Å²) in [7, 11) is 0. The predicted molar refractivity (Wildman–Crippen MR) is 73.4 cm³/mol. The smallest absolute Gasteiger partial charge is 0.127 e. The van der Waals surface area contributed by atoms with Crippen molar-refractivity contribution in [2.24, 2.45) is 0 Å². The van der Waals surface area contributed by atoms with E-state index in [0.29, 0.717) is 0 Å². The van der Waals surface area contributed by atoms with Crippen LogP contribution in [0.3, 0.4) is 0 Å². The average Bonchev–Trinajstić information content (AvgIpc) is 2.83. The standard InChI is InChI=1S/C15H14O2S/c1-18-13-5-3-12(4-6-13)17-15-7-2-11-10-16-9-8-14(11)15/h3-6,8-10H,2,7H2,1H3. The molecular weight excluding hydrogens is 244 g/mol. The zero-order valence-corrected chi connectivity index (χ0v) is 11.0. The maximum atomic E-state index is 5.97. The van der Waals surface area contributed by atoms with Crippen LogP contribution in [0.1, 0.15) is 12.8 Å². The number of fused-ring (bicyclic) bond motifs is 1. The van der Waals surface area contributed by atoms with E-state index in [1.165, 1.54) is 16.0 Å².